The summed E-state index contributed by atoms with van der Waals surface area (Å²) in [4.78, 5) is 2.40. The Morgan fingerprint density at radius 1 is 0.229 bits per heavy atom. The molecule has 0 bridgehead atoms. The van der Waals surface area contributed by atoms with E-state index < -0.39 is 16.1 Å². The first-order chi connectivity index (χ1) is 51.0. The molecule has 2 aromatic heterocycles. The van der Waals surface area contributed by atoms with Crippen LogP contribution in [0.5, 0.6) is 0 Å². The molecule has 0 spiro atoms. The minimum atomic E-state index is -2.64. The number of thiophene rings is 2. The smallest absolute Gasteiger partial charge is 0.179 e. The van der Waals surface area contributed by atoms with Crippen molar-refractivity contribution < 1.29 is 0 Å². The van der Waals surface area contributed by atoms with Gasteiger partial charge in [-0.15, -0.1) is 22.7 Å². The average Bonchev–Trinajstić information content (AvgIpc) is 1.70. The highest BCUT2D eigenvalue weighted by atomic mass is 79.9. The van der Waals surface area contributed by atoms with Crippen LogP contribution in [0.4, 0.5) is 28.4 Å². The topological polar surface area (TPSA) is 15.3 Å². The average molecular weight is 1480 g/mol. The second kappa shape index (κ2) is 32.5. The van der Waals surface area contributed by atoms with Crippen molar-refractivity contribution >= 4 is 173 Å². The van der Waals surface area contributed by atoms with E-state index in [1.54, 1.807) is 0 Å². The molecule has 0 aliphatic carbocycles. The van der Waals surface area contributed by atoms with Crippen LogP contribution in [0.25, 0.3) is 62.6 Å². The minimum absolute atomic E-state index is 0. The van der Waals surface area contributed by atoms with Crippen LogP contribution in [0.2, 0.25) is 0 Å². The molecule has 0 unspecified atom stereocenters. The molecule has 1 N–H and O–H groups in total. The van der Waals surface area contributed by atoms with Crippen LogP contribution < -0.4 is 51.7 Å². The molecule has 3 radical (unpaired) electrons. The molecule has 0 saturated heterocycles. The quantitative estimate of drug-likeness (QED) is 0.0813. The summed E-state index contributed by atoms with van der Waals surface area (Å²) in [5.74, 6) is 0. The Morgan fingerprint density at radius 3 is 0.886 bits per heavy atom. The van der Waals surface area contributed by atoms with Crippen molar-refractivity contribution in [1.82, 2.24) is 0 Å². The van der Waals surface area contributed by atoms with Gasteiger partial charge in [-0.3, -0.25) is 0 Å². The van der Waals surface area contributed by atoms with Gasteiger partial charge in [-0.05, 0) is 161 Å². The number of rotatable bonds is 15. The van der Waals surface area contributed by atoms with Gasteiger partial charge in [0.1, 0.15) is 0 Å². The lowest BCUT2D eigenvalue weighted by molar-refractivity contribution is 1.29. The Balaban J connectivity index is 0.000000145. The zero-order valence-corrected chi connectivity index (χ0v) is 62.4. The maximum atomic E-state index is 3.60. The van der Waals surface area contributed by atoms with Gasteiger partial charge in [0.15, 0.2) is 16.1 Å². The van der Waals surface area contributed by atoms with Gasteiger partial charge in [0.05, 0.1) is 0 Å². The zero-order valence-electron chi connectivity index (χ0n) is 57.1. The van der Waals surface area contributed by atoms with Gasteiger partial charge < -0.3 is 10.2 Å². The van der Waals surface area contributed by atoms with Crippen LogP contribution in [0.1, 0.15) is 7.43 Å². The summed E-state index contributed by atoms with van der Waals surface area (Å²) < 4.78 is 6.40. The Kier molecular flexibility index (Phi) is 21.8. The maximum Gasteiger partial charge on any atom is 0.179 e. The summed E-state index contributed by atoms with van der Waals surface area (Å²) in [5, 5.41) is 19.9. The molecule has 2 heterocycles. The molecular formula is C97H75BBrN2S2Si2. The van der Waals surface area contributed by atoms with Gasteiger partial charge in [0, 0.05) is 81.7 Å². The molecule has 16 aromatic carbocycles. The van der Waals surface area contributed by atoms with Crippen LogP contribution in [0.3, 0.4) is 0 Å². The first kappa shape index (κ1) is 70.6. The van der Waals surface area contributed by atoms with Gasteiger partial charge in [-0.25, -0.2) is 0 Å². The second-order valence-corrected chi connectivity index (χ2v) is 36.4. The van der Waals surface area contributed by atoms with E-state index >= 15 is 0 Å². The van der Waals surface area contributed by atoms with Crippen molar-refractivity contribution in [2.75, 3.05) is 10.2 Å². The summed E-state index contributed by atoms with van der Waals surface area (Å²) >= 11 is 7.30. The van der Waals surface area contributed by atoms with Crippen molar-refractivity contribution in [1.29, 1.82) is 0 Å². The Morgan fingerprint density at radius 2 is 0.495 bits per heavy atom. The number of hydrogen-bond acceptors (Lipinski definition) is 4. The minimum Gasteiger partial charge on any atom is -0.356 e. The standard InChI is InChI=1S/C48H35NSSi.C24H19BrSi.C24H17NS.CH4.B/c1-5-15-36(16-6-1)37-25-27-38(28-26-37)49(40-31-34-48-46(35-40)45-23-13-14-24-47(45)50-48)39-29-32-44(33-30-39)51(41-17-7-2-8-18-41,42-19-9-3-10-20-42)43-21-11-4-12-22-43;25-20-16-18-24(19-17-20)26(21-10-4-1-5-11-21,22-12-6-2-7-13-22)23-14-8-3-9-15-23;1-2-6-17(7-3-1)18-10-12-19(13-11-18)25-20-14-15-24-22(16-20)21-8-4-5-9-23(21)26-24;;/h1-35H;1-19H;1-16,25H;1H4;. The summed E-state index contributed by atoms with van der Waals surface area (Å²) in [6, 6.07) is 154. The molecule has 0 fully saturated rings. The van der Waals surface area contributed by atoms with Crippen molar-refractivity contribution in [3.8, 4) is 22.3 Å². The molecule has 503 valence electrons. The highest BCUT2D eigenvalue weighted by Gasteiger charge is 2.42. The number of fused-ring (bicyclic) bond motifs is 6. The number of nitrogens with one attached hydrogen (secondary N) is 1. The SMILES string of the molecule is Brc1ccc([Si](c2ccccc2)(c2ccccc2)c2ccccc2)cc1.C.[B].c1ccc(-c2ccc(N(c3ccc([Si](c4ccccc4)(c4ccccc4)c4ccccc4)cc3)c3ccc4sc5ccccc5c4c3)cc2)cc1.c1ccc(-c2ccc(Nc3ccc4sc5ccccc5c4c3)cc2)cc1. The first-order valence-electron chi connectivity index (χ1n) is 34.9. The van der Waals surface area contributed by atoms with Crippen molar-refractivity contribution in [2.45, 2.75) is 7.43 Å². The number of halogens is 1. The zero-order chi connectivity index (χ0) is 69.2. The Labute approximate surface area is 637 Å². The Hall–Kier alpha value is -11.5. The third kappa shape index (κ3) is 14.5. The molecule has 105 heavy (non-hydrogen) atoms. The number of hydrogen-bond donors (Lipinski definition) is 1. The fourth-order valence-corrected chi connectivity index (χ4v) is 26.7. The first-order valence-corrected chi connectivity index (χ1v) is 41.3. The predicted molar refractivity (Wildman–Crippen MR) is 468 cm³/mol. The lowest BCUT2D eigenvalue weighted by atomic mass is 10.0. The van der Waals surface area contributed by atoms with Crippen LogP contribution in [0.15, 0.2) is 429 Å². The van der Waals surface area contributed by atoms with Gasteiger partial charge in [-0.2, -0.15) is 0 Å². The van der Waals surface area contributed by atoms with Crippen molar-refractivity contribution in [3.05, 3.63) is 429 Å². The molecule has 0 amide bonds. The normalized spacial score (nSPS) is 11.1. The van der Waals surface area contributed by atoms with Crippen LogP contribution >= 0.6 is 38.6 Å². The van der Waals surface area contributed by atoms with Crippen LogP contribution in [-0.4, -0.2) is 24.6 Å². The number of anilines is 5. The third-order valence-electron chi connectivity index (χ3n) is 19.6. The molecule has 8 heteroatoms. The van der Waals surface area contributed by atoms with Crippen LogP contribution in [-0.2, 0) is 0 Å². The largest absolute Gasteiger partial charge is 0.356 e. The van der Waals surface area contributed by atoms with E-state index in [1.807, 2.05) is 28.7 Å². The predicted octanol–water partition coefficient (Wildman–Crippen LogP) is 22.1. The van der Waals surface area contributed by atoms with E-state index in [0.29, 0.717) is 0 Å². The maximum absolute atomic E-state index is 3.60. The fraction of sp³-hybridized carbons (Fsp3) is 0.0103. The molecule has 0 atom stereocenters. The fourth-order valence-electron chi connectivity index (χ4n) is 14.8. The van der Waals surface area contributed by atoms with E-state index in [0.717, 1.165) is 32.9 Å². The molecule has 0 aliphatic heterocycles. The molecule has 18 rings (SSSR count). The molecule has 18 aromatic rings. The number of nitrogens with zero attached hydrogens (tertiary/aromatic N) is 1. The van der Waals surface area contributed by atoms with Crippen LogP contribution in [0, 0.1) is 0 Å². The number of benzene rings is 16. The molecular weight excluding hydrogens is 1400 g/mol. The highest BCUT2D eigenvalue weighted by Crippen LogP contribution is 2.42. The molecule has 0 saturated carbocycles. The van der Waals surface area contributed by atoms with Gasteiger partial charge in [-0.1, -0.05) is 351 Å². The highest BCUT2D eigenvalue weighted by molar-refractivity contribution is 9.10. The van der Waals surface area contributed by atoms with Gasteiger partial charge in [0.25, 0.3) is 0 Å². The van der Waals surface area contributed by atoms with E-state index in [-0.39, 0.29) is 15.8 Å². The van der Waals surface area contributed by atoms with E-state index in [1.165, 1.54) is 104 Å². The monoisotopic (exact) mass is 1480 g/mol. The lowest BCUT2D eigenvalue weighted by Crippen LogP contribution is -2.74. The van der Waals surface area contributed by atoms with E-state index in [2.05, 4.69) is 445 Å². The van der Waals surface area contributed by atoms with Crippen molar-refractivity contribution in [2.24, 2.45) is 0 Å². The second-order valence-electron chi connectivity index (χ2n) is 25.7. The molecule has 0 aliphatic rings. The van der Waals surface area contributed by atoms with Gasteiger partial charge in [0.2, 0.25) is 0 Å². The summed E-state index contributed by atoms with van der Waals surface area (Å²) in [5.41, 5.74) is 10.5. The third-order valence-corrected chi connectivity index (χ3v) is 32.0. The van der Waals surface area contributed by atoms with Crippen molar-refractivity contribution in [3.63, 3.8) is 0 Å². The Bertz CT molecular complexity index is 5610. The summed E-state index contributed by atoms with van der Waals surface area (Å²) in [6.07, 6.45) is 0. The lowest BCUT2D eigenvalue weighted by Gasteiger charge is -2.35. The summed E-state index contributed by atoms with van der Waals surface area (Å²) in [6.45, 7) is 0. The summed E-state index contributed by atoms with van der Waals surface area (Å²) in [7, 11) is -4.98. The van der Waals surface area contributed by atoms with E-state index in [9.17, 15) is 0 Å². The van der Waals surface area contributed by atoms with E-state index in [4.69, 9.17) is 0 Å². The van der Waals surface area contributed by atoms with Gasteiger partial charge >= 0.3 is 0 Å². The molecule has 2 nitrogen and oxygen atoms in total.